The molecule has 0 amide bonds. The summed E-state index contributed by atoms with van der Waals surface area (Å²) in [6, 6.07) is 6.28. The average Bonchev–Trinajstić information content (AvgIpc) is 2.90. The van der Waals surface area contributed by atoms with Crippen LogP contribution in [0, 0.1) is 19.8 Å². The maximum absolute atomic E-state index is 10.8. The minimum Gasteiger partial charge on any atom is -0.387 e. The summed E-state index contributed by atoms with van der Waals surface area (Å²) in [5.74, 6) is 0.290. The van der Waals surface area contributed by atoms with E-state index >= 15 is 0 Å². The van der Waals surface area contributed by atoms with Crippen molar-refractivity contribution in [2.45, 2.75) is 77.5 Å². The van der Waals surface area contributed by atoms with E-state index in [4.69, 9.17) is 9.47 Å². The summed E-state index contributed by atoms with van der Waals surface area (Å²) < 4.78 is 12.5. The highest BCUT2D eigenvalue weighted by atomic mass is 16.6. The molecule has 2 bridgehead atoms. The lowest BCUT2D eigenvalue weighted by atomic mass is 9.73. The summed E-state index contributed by atoms with van der Waals surface area (Å²) in [4.78, 5) is 0. The second-order valence-corrected chi connectivity index (χ2v) is 7.57. The van der Waals surface area contributed by atoms with E-state index in [1.54, 1.807) is 0 Å². The standard InChI is InChI=1S/C19H28O3/c1-12(2)19-10-9-18(5,22-19)17(16(19)20)21-11-15-13(3)7-6-8-14(15)4/h6-8,12,16-17,20H,9-11H2,1-5H3/t16-,17-,18+,19+/m1/s1. The maximum Gasteiger partial charge on any atom is 0.115 e. The molecular weight excluding hydrogens is 276 g/mol. The first-order valence-corrected chi connectivity index (χ1v) is 8.35. The van der Waals surface area contributed by atoms with Gasteiger partial charge in [0, 0.05) is 0 Å². The summed E-state index contributed by atoms with van der Waals surface area (Å²) in [6.45, 7) is 11.1. The monoisotopic (exact) mass is 304 g/mol. The van der Waals surface area contributed by atoms with Crippen molar-refractivity contribution in [3.05, 3.63) is 34.9 Å². The number of aliphatic hydroxyl groups is 1. The molecule has 3 heteroatoms. The smallest absolute Gasteiger partial charge is 0.115 e. The van der Waals surface area contributed by atoms with Crippen LogP contribution in [0.15, 0.2) is 18.2 Å². The van der Waals surface area contributed by atoms with Crippen LogP contribution in [0.4, 0.5) is 0 Å². The molecule has 0 spiro atoms. The van der Waals surface area contributed by atoms with Crippen LogP contribution >= 0.6 is 0 Å². The minimum atomic E-state index is -0.546. The summed E-state index contributed by atoms with van der Waals surface area (Å²) in [5.41, 5.74) is 2.91. The molecule has 0 saturated carbocycles. The van der Waals surface area contributed by atoms with Crippen LogP contribution in [-0.2, 0) is 16.1 Å². The van der Waals surface area contributed by atoms with E-state index in [9.17, 15) is 5.11 Å². The predicted molar refractivity (Wildman–Crippen MR) is 86.8 cm³/mol. The van der Waals surface area contributed by atoms with Crippen molar-refractivity contribution in [3.63, 3.8) is 0 Å². The zero-order chi connectivity index (χ0) is 16.1. The van der Waals surface area contributed by atoms with Crippen LogP contribution < -0.4 is 0 Å². The Balaban J connectivity index is 1.79. The Labute approximate surface area is 133 Å². The van der Waals surface area contributed by atoms with Crippen molar-refractivity contribution in [2.24, 2.45) is 5.92 Å². The molecule has 2 saturated heterocycles. The molecule has 1 aromatic carbocycles. The van der Waals surface area contributed by atoms with Crippen LogP contribution in [0.25, 0.3) is 0 Å². The molecule has 0 unspecified atom stereocenters. The van der Waals surface area contributed by atoms with Gasteiger partial charge in [-0.05, 0) is 56.2 Å². The first-order valence-electron chi connectivity index (χ1n) is 8.35. The lowest BCUT2D eigenvalue weighted by Gasteiger charge is -2.36. The van der Waals surface area contributed by atoms with Crippen molar-refractivity contribution < 1.29 is 14.6 Å². The number of fused-ring (bicyclic) bond motifs is 2. The second-order valence-electron chi connectivity index (χ2n) is 7.57. The van der Waals surface area contributed by atoms with Crippen molar-refractivity contribution in [3.8, 4) is 0 Å². The van der Waals surface area contributed by atoms with Crippen molar-refractivity contribution in [1.82, 2.24) is 0 Å². The Morgan fingerprint density at radius 2 is 1.91 bits per heavy atom. The Morgan fingerprint density at radius 1 is 1.27 bits per heavy atom. The number of benzene rings is 1. The molecule has 2 fully saturated rings. The normalized spacial score (nSPS) is 37.2. The largest absolute Gasteiger partial charge is 0.387 e. The fourth-order valence-corrected chi connectivity index (χ4v) is 4.24. The number of ether oxygens (including phenoxy) is 2. The third-order valence-corrected chi connectivity index (χ3v) is 5.85. The first-order chi connectivity index (χ1) is 10.3. The van der Waals surface area contributed by atoms with Gasteiger partial charge in [-0.2, -0.15) is 0 Å². The average molecular weight is 304 g/mol. The molecule has 122 valence electrons. The quantitative estimate of drug-likeness (QED) is 0.925. The molecule has 2 aliphatic heterocycles. The van der Waals surface area contributed by atoms with E-state index in [1.165, 1.54) is 16.7 Å². The van der Waals surface area contributed by atoms with Crippen LogP contribution in [0.1, 0.15) is 50.3 Å². The van der Waals surface area contributed by atoms with Crippen molar-refractivity contribution in [2.75, 3.05) is 0 Å². The lowest BCUT2D eigenvalue weighted by molar-refractivity contribution is -0.0979. The third kappa shape index (κ3) is 2.22. The molecule has 4 atom stereocenters. The van der Waals surface area contributed by atoms with Gasteiger partial charge in [0.2, 0.25) is 0 Å². The zero-order valence-corrected chi connectivity index (χ0v) is 14.3. The number of aliphatic hydroxyl groups excluding tert-OH is 1. The van der Waals surface area contributed by atoms with E-state index in [1.807, 2.05) is 0 Å². The number of aryl methyl sites for hydroxylation is 2. The summed E-state index contributed by atoms with van der Waals surface area (Å²) in [5, 5.41) is 10.8. The van der Waals surface area contributed by atoms with Gasteiger partial charge in [-0.1, -0.05) is 32.0 Å². The Morgan fingerprint density at radius 3 is 2.45 bits per heavy atom. The SMILES string of the molecule is Cc1cccc(C)c1CO[C@@H]1[C@@H](O)[C@@]2(C(C)C)CC[C@]1(C)O2. The molecular formula is C19H28O3. The topological polar surface area (TPSA) is 38.7 Å². The van der Waals surface area contributed by atoms with E-state index in [0.717, 1.165) is 12.8 Å². The molecule has 0 aliphatic carbocycles. The zero-order valence-electron chi connectivity index (χ0n) is 14.3. The molecule has 0 radical (unpaired) electrons. The van der Waals surface area contributed by atoms with Gasteiger partial charge in [0.1, 0.15) is 12.2 Å². The van der Waals surface area contributed by atoms with Crippen LogP contribution in [0.5, 0.6) is 0 Å². The molecule has 2 aliphatic rings. The fourth-order valence-electron chi connectivity index (χ4n) is 4.24. The predicted octanol–water partition coefficient (Wildman–Crippen LogP) is 3.53. The summed E-state index contributed by atoms with van der Waals surface area (Å²) in [7, 11) is 0. The van der Waals surface area contributed by atoms with Gasteiger partial charge < -0.3 is 14.6 Å². The van der Waals surface area contributed by atoms with Crippen LogP contribution in [0.2, 0.25) is 0 Å². The van der Waals surface area contributed by atoms with Gasteiger partial charge >= 0.3 is 0 Å². The van der Waals surface area contributed by atoms with Gasteiger partial charge in [0.25, 0.3) is 0 Å². The number of rotatable bonds is 4. The maximum atomic E-state index is 10.8. The van der Waals surface area contributed by atoms with Gasteiger partial charge in [0.15, 0.2) is 0 Å². The van der Waals surface area contributed by atoms with Crippen molar-refractivity contribution in [1.29, 1.82) is 0 Å². The molecule has 3 rings (SSSR count). The van der Waals surface area contributed by atoms with Crippen molar-refractivity contribution >= 4 is 0 Å². The highest BCUT2D eigenvalue weighted by molar-refractivity contribution is 5.33. The molecule has 3 nitrogen and oxygen atoms in total. The highest BCUT2D eigenvalue weighted by Crippen LogP contribution is 2.55. The minimum absolute atomic E-state index is 0.248. The van der Waals surface area contributed by atoms with Gasteiger partial charge in [-0.25, -0.2) is 0 Å². The molecule has 0 aromatic heterocycles. The summed E-state index contributed by atoms with van der Waals surface area (Å²) >= 11 is 0. The Kier molecular flexibility index (Phi) is 3.87. The lowest BCUT2D eigenvalue weighted by Crippen LogP contribution is -2.51. The molecule has 1 aromatic rings. The second kappa shape index (κ2) is 5.33. The number of hydrogen-bond donors (Lipinski definition) is 1. The van der Waals surface area contributed by atoms with Crippen LogP contribution in [0.3, 0.4) is 0 Å². The van der Waals surface area contributed by atoms with Crippen LogP contribution in [-0.4, -0.2) is 28.5 Å². The fraction of sp³-hybridized carbons (Fsp3) is 0.684. The Bertz CT molecular complexity index is 548. The molecule has 2 heterocycles. The first kappa shape index (κ1) is 16.0. The van der Waals surface area contributed by atoms with Gasteiger partial charge in [-0.3, -0.25) is 0 Å². The number of hydrogen-bond acceptors (Lipinski definition) is 3. The van der Waals surface area contributed by atoms with E-state index in [-0.39, 0.29) is 17.6 Å². The highest BCUT2D eigenvalue weighted by Gasteiger charge is 2.66. The summed E-state index contributed by atoms with van der Waals surface area (Å²) in [6.07, 6.45) is 1.09. The van der Waals surface area contributed by atoms with Gasteiger partial charge in [-0.15, -0.1) is 0 Å². The molecule has 1 N–H and O–H groups in total. The van der Waals surface area contributed by atoms with E-state index in [0.29, 0.717) is 6.61 Å². The van der Waals surface area contributed by atoms with E-state index < -0.39 is 11.7 Å². The van der Waals surface area contributed by atoms with Gasteiger partial charge in [0.05, 0.1) is 17.8 Å². The van der Waals surface area contributed by atoms with E-state index in [2.05, 4.69) is 52.8 Å². The molecule has 22 heavy (non-hydrogen) atoms. The Hall–Kier alpha value is -0.900. The third-order valence-electron chi connectivity index (χ3n) is 5.85.